The first kappa shape index (κ1) is 13.7. The Morgan fingerprint density at radius 2 is 2.21 bits per heavy atom. The predicted octanol–water partition coefficient (Wildman–Crippen LogP) is 1.02. The average Bonchev–Trinajstić information content (AvgIpc) is 2.42. The Kier molecular flexibility index (Phi) is 4.65. The fraction of sp³-hybridized carbons (Fsp3) is 0.429. The van der Waals surface area contributed by atoms with Crippen LogP contribution >= 0.6 is 0 Å². The van der Waals surface area contributed by atoms with Crippen molar-refractivity contribution in [3.63, 3.8) is 0 Å². The normalized spacial score (nSPS) is 12.7. The van der Waals surface area contributed by atoms with E-state index in [4.69, 9.17) is 4.74 Å². The number of nitrogens with zero attached hydrogens (tertiary/aromatic N) is 2. The second-order valence-electron chi connectivity index (χ2n) is 4.41. The number of ether oxygens (including phenoxy) is 1. The van der Waals surface area contributed by atoms with Crippen LogP contribution in [0.15, 0.2) is 35.3 Å². The van der Waals surface area contributed by atoms with Gasteiger partial charge in [-0.15, -0.1) is 0 Å². The van der Waals surface area contributed by atoms with Gasteiger partial charge in [0.15, 0.2) is 0 Å². The molecule has 1 heterocycles. The Hall–Kier alpha value is -1.72. The van der Waals surface area contributed by atoms with E-state index in [2.05, 4.69) is 10.3 Å². The molecule has 2 rings (SSSR count). The highest BCUT2D eigenvalue weighted by Crippen LogP contribution is 2.08. The monoisotopic (exact) mass is 261 g/mol. The number of hydrogen-bond acceptors (Lipinski definition) is 4. The van der Waals surface area contributed by atoms with Gasteiger partial charge in [-0.05, 0) is 18.7 Å². The number of likely N-dealkylation sites (N-methyl/N-ethyl adjacent to an activating group) is 1. The molecular weight excluding hydrogens is 242 g/mol. The average molecular weight is 261 g/mol. The maximum absolute atomic E-state index is 12.0. The molecule has 5 heteroatoms. The summed E-state index contributed by atoms with van der Waals surface area (Å²) in [6.45, 7) is 4.02. The molecule has 102 valence electrons. The predicted molar refractivity (Wildman–Crippen MR) is 75.3 cm³/mol. The van der Waals surface area contributed by atoms with Crippen LogP contribution in [0.5, 0.6) is 0 Å². The molecule has 19 heavy (non-hydrogen) atoms. The van der Waals surface area contributed by atoms with E-state index in [-0.39, 0.29) is 11.6 Å². The van der Waals surface area contributed by atoms with Crippen LogP contribution in [0.2, 0.25) is 0 Å². The molecule has 1 atom stereocenters. The molecule has 0 saturated heterocycles. The molecule has 2 aromatic rings. The second kappa shape index (κ2) is 6.45. The quantitative estimate of drug-likeness (QED) is 0.843. The van der Waals surface area contributed by atoms with E-state index in [0.29, 0.717) is 13.2 Å². The van der Waals surface area contributed by atoms with Gasteiger partial charge in [-0.3, -0.25) is 4.79 Å². The van der Waals surface area contributed by atoms with Gasteiger partial charge in [0.05, 0.1) is 23.8 Å². The Bertz CT molecular complexity index is 589. The minimum Gasteiger partial charge on any atom is -0.383 e. The molecule has 1 N–H and O–H groups in total. The van der Waals surface area contributed by atoms with Gasteiger partial charge >= 0.3 is 0 Å². The molecule has 0 radical (unpaired) electrons. The molecule has 1 aromatic carbocycles. The number of nitrogens with one attached hydrogen (secondary N) is 1. The lowest BCUT2D eigenvalue weighted by atomic mass is 10.2. The number of aromatic nitrogens is 2. The lowest BCUT2D eigenvalue weighted by Crippen LogP contribution is -2.39. The Labute approximate surface area is 112 Å². The topological polar surface area (TPSA) is 56.1 Å². The smallest absolute Gasteiger partial charge is 0.269 e. The van der Waals surface area contributed by atoms with E-state index in [1.807, 2.05) is 31.2 Å². The molecule has 0 fully saturated rings. The maximum Gasteiger partial charge on any atom is 0.269 e. The van der Waals surface area contributed by atoms with Crippen molar-refractivity contribution in [1.82, 2.24) is 14.9 Å². The van der Waals surface area contributed by atoms with Crippen molar-refractivity contribution in [2.45, 2.75) is 19.5 Å². The number of fused-ring (bicyclic) bond motifs is 1. The third-order valence-electron chi connectivity index (χ3n) is 3.02. The molecule has 0 bridgehead atoms. The van der Waals surface area contributed by atoms with Gasteiger partial charge in [0, 0.05) is 19.7 Å². The van der Waals surface area contributed by atoms with Crippen molar-refractivity contribution in [2.24, 2.45) is 0 Å². The van der Waals surface area contributed by atoms with E-state index in [1.54, 1.807) is 11.7 Å². The zero-order valence-electron chi connectivity index (χ0n) is 11.3. The largest absolute Gasteiger partial charge is 0.383 e. The van der Waals surface area contributed by atoms with Gasteiger partial charge in [-0.25, -0.2) is 4.98 Å². The lowest BCUT2D eigenvalue weighted by molar-refractivity contribution is 0.159. The zero-order chi connectivity index (χ0) is 13.7. The minimum absolute atomic E-state index is 0.0855. The number of para-hydroxylation sites is 2. The molecule has 0 aliphatic rings. The standard InChI is InChI=1S/C14H19N3O2/c1-3-15-11(10-19-2)9-17-13-7-5-4-6-12(13)16-8-14(17)18/h4-8,11,15H,3,9-10H2,1-2H3. The van der Waals surface area contributed by atoms with Crippen molar-refractivity contribution >= 4 is 11.0 Å². The number of hydrogen-bond donors (Lipinski definition) is 1. The third-order valence-corrected chi connectivity index (χ3v) is 3.02. The van der Waals surface area contributed by atoms with Crippen LogP contribution in [0.25, 0.3) is 11.0 Å². The highest BCUT2D eigenvalue weighted by molar-refractivity contribution is 5.74. The molecular formula is C14H19N3O2. The highest BCUT2D eigenvalue weighted by atomic mass is 16.5. The summed E-state index contributed by atoms with van der Waals surface area (Å²) in [6.07, 6.45) is 1.37. The maximum atomic E-state index is 12.0. The second-order valence-corrected chi connectivity index (χ2v) is 4.41. The summed E-state index contributed by atoms with van der Waals surface area (Å²) in [5.74, 6) is 0. The van der Waals surface area contributed by atoms with Gasteiger partial charge < -0.3 is 14.6 Å². The Morgan fingerprint density at radius 3 is 2.95 bits per heavy atom. The van der Waals surface area contributed by atoms with Gasteiger partial charge in [0.1, 0.15) is 0 Å². The number of benzene rings is 1. The summed E-state index contributed by atoms with van der Waals surface area (Å²) in [4.78, 5) is 16.2. The third kappa shape index (κ3) is 3.19. The first-order valence-corrected chi connectivity index (χ1v) is 6.43. The van der Waals surface area contributed by atoms with Crippen molar-refractivity contribution in [1.29, 1.82) is 0 Å². The van der Waals surface area contributed by atoms with Crippen molar-refractivity contribution in [2.75, 3.05) is 20.3 Å². The fourth-order valence-electron chi connectivity index (χ4n) is 2.19. The van der Waals surface area contributed by atoms with Gasteiger partial charge in [-0.2, -0.15) is 0 Å². The first-order valence-electron chi connectivity index (χ1n) is 6.43. The van der Waals surface area contributed by atoms with E-state index in [9.17, 15) is 4.79 Å². The minimum atomic E-state index is -0.0855. The van der Waals surface area contributed by atoms with Crippen LogP contribution < -0.4 is 10.9 Å². The van der Waals surface area contributed by atoms with Crippen LogP contribution in [0.1, 0.15) is 6.92 Å². The molecule has 1 unspecified atom stereocenters. The molecule has 0 aliphatic heterocycles. The van der Waals surface area contributed by atoms with Crippen molar-refractivity contribution < 1.29 is 4.74 Å². The number of methoxy groups -OCH3 is 1. The molecule has 1 aromatic heterocycles. The zero-order valence-corrected chi connectivity index (χ0v) is 11.3. The van der Waals surface area contributed by atoms with Gasteiger partial charge in [0.2, 0.25) is 0 Å². The summed E-state index contributed by atoms with van der Waals surface area (Å²) in [6, 6.07) is 7.77. The number of rotatable bonds is 6. The van der Waals surface area contributed by atoms with Crippen molar-refractivity contribution in [3.05, 3.63) is 40.8 Å². The first-order chi connectivity index (χ1) is 9.26. The lowest BCUT2D eigenvalue weighted by Gasteiger charge is -2.19. The molecule has 0 spiro atoms. The van der Waals surface area contributed by atoms with Gasteiger partial charge in [0.25, 0.3) is 5.56 Å². The summed E-state index contributed by atoms with van der Waals surface area (Å²) in [5, 5.41) is 3.32. The Morgan fingerprint density at radius 1 is 1.42 bits per heavy atom. The summed E-state index contributed by atoms with van der Waals surface area (Å²) in [5.41, 5.74) is 1.60. The van der Waals surface area contributed by atoms with Gasteiger partial charge in [-0.1, -0.05) is 19.1 Å². The van der Waals surface area contributed by atoms with Crippen LogP contribution in [0.4, 0.5) is 0 Å². The van der Waals surface area contributed by atoms with E-state index in [1.165, 1.54) is 6.20 Å². The Balaban J connectivity index is 2.37. The van der Waals surface area contributed by atoms with Crippen LogP contribution in [-0.4, -0.2) is 35.9 Å². The summed E-state index contributed by atoms with van der Waals surface area (Å²) < 4.78 is 6.93. The van der Waals surface area contributed by atoms with E-state index < -0.39 is 0 Å². The summed E-state index contributed by atoms with van der Waals surface area (Å²) in [7, 11) is 1.66. The van der Waals surface area contributed by atoms with Crippen LogP contribution in [0.3, 0.4) is 0 Å². The molecule has 0 aliphatic carbocycles. The molecule has 0 amide bonds. The van der Waals surface area contributed by atoms with Crippen molar-refractivity contribution in [3.8, 4) is 0 Å². The SMILES string of the molecule is CCNC(COC)Cn1c(=O)cnc2ccccc21. The highest BCUT2D eigenvalue weighted by Gasteiger charge is 2.11. The molecule has 5 nitrogen and oxygen atoms in total. The van der Waals surface area contributed by atoms with E-state index >= 15 is 0 Å². The van der Waals surface area contributed by atoms with Crippen LogP contribution in [-0.2, 0) is 11.3 Å². The fourth-order valence-corrected chi connectivity index (χ4v) is 2.19. The van der Waals surface area contributed by atoms with Crippen LogP contribution in [0, 0.1) is 0 Å². The molecule has 0 saturated carbocycles. The summed E-state index contributed by atoms with van der Waals surface area (Å²) >= 11 is 0. The van der Waals surface area contributed by atoms with E-state index in [0.717, 1.165) is 17.6 Å².